The molecule has 0 fully saturated rings. The second-order valence-corrected chi connectivity index (χ2v) is 8.61. The predicted molar refractivity (Wildman–Crippen MR) is 91.5 cm³/mol. The van der Waals surface area contributed by atoms with Gasteiger partial charge in [0.05, 0.1) is 15.4 Å². The number of sulfonamides is 2. The van der Waals surface area contributed by atoms with Crippen LogP contribution in [0.3, 0.4) is 0 Å². The van der Waals surface area contributed by atoms with Crippen LogP contribution in [0.15, 0.2) is 46.2 Å². The number of carboxylic acids is 1. The Morgan fingerprint density at radius 1 is 1.04 bits per heavy atom. The molecule has 0 aliphatic heterocycles. The van der Waals surface area contributed by atoms with Crippen molar-refractivity contribution in [2.75, 3.05) is 4.72 Å². The van der Waals surface area contributed by atoms with Crippen LogP contribution in [0.5, 0.6) is 0 Å². The van der Waals surface area contributed by atoms with E-state index in [4.69, 9.17) is 10.2 Å². The Labute approximate surface area is 145 Å². The molecule has 0 saturated carbocycles. The maximum Gasteiger partial charge on any atom is 0.335 e. The summed E-state index contributed by atoms with van der Waals surface area (Å²) in [4.78, 5) is 10.8. The molecule has 2 aromatic carbocycles. The van der Waals surface area contributed by atoms with Crippen molar-refractivity contribution in [1.29, 1.82) is 0 Å². The number of nitrogens with two attached hydrogens (primary N) is 1. The van der Waals surface area contributed by atoms with Gasteiger partial charge in [-0.1, -0.05) is 0 Å². The highest BCUT2D eigenvalue weighted by atomic mass is 32.2. The first-order chi connectivity index (χ1) is 11.4. The quantitative estimate of drug-likeness (QED) is 0.712. The third kappa shape index (κ3) is 4.16. The number of anilines is 1. The molecule has 0 amide bonds. The van der Waals surface area contributed by atoms with Gasteiger partial charge in [0.1, 0.15) is 0 Å². The van der Waals surface area contributed by atoms with Crippen LogP contribution in [0, 0.1) is 13.8 Å². The summed E-state index contributed by atoms with van der Waals surface area (Å²) in [6, 6.07) is 7.29. The number of aryl methyl sites for hydroxylation is 1. The van der Waals surface area contributed by atoms with Gasteiger partial charge >= 0.3 is 5.97 Å². The van der Waals surface area contributed by atoms with Crippen LogP contribution in [0.4, 0.5) is 5.69 Å². The molecule has 4 N–H and O–H groups in total. The van der Waals surface area contributed by atoms with Crippen LogP contribution >= 0.6 is 0 Å². The molecule has 0 unspecified atom stereocenters. The Kier molecular flexibility index (Phi) is 4.89. The first kappa shape index (κ1) is 18.9. The third-order valence-corrected chi connectivity index (χ3v) is 6.03. The van der Waals surface area contributed by atoms with Gasteiger partial charge in [-0.05, 0) is 61.4 Å². The lowest BCUT2D eigenvalue weighted by Gasteiger charge is -2.13. The van der Waals surface area contributed by atoms with Crippen LogP contribution in [0.1, 0.15) is 21.5 Å². The van der Waals surface area contributed by atoms with E-state index in [9.17, 15) is 21.6 Å². The minimum Gasteiger partial charge on any atom is -0.478 e. The van der Waals surface area contributed by atoms with E-state index in [-0.39, 0.29) is 21.0 Å². The van der Waals surface area contributed by atoms with Crippen molar-refractivity contribution in [2.24, 2.45) is 5.14 Å². The summed E-state index contributed by atoms with van der Waals surface area (Å²) in [5.74, 6) is -1.24. The van der Waals surface area contributed by atoms with Crippen molar-refractivity contribution < 1.29 is 26.7 Å². The maximum absolute atomic E-state index is 12.6. The number of carbonyl (C=O) groups is 1. The lowest BCUT2D eigenvalue weighted by molar-refractivity contribution is 0.0696. The van der Waals surface area contributed by atoms with Gasteiger partial charge in [0, 0.05) is 5.69 Å². The highest BCUT2D eigenvalue weighted by Gasteiger charge is 2.21. The smallest absolute Gasteiger partial charge is 0.335 e. The van der Waals surface area contributed by atoms with Gasteiger partial charge in [0.2, 0.25) is 10.0 Å². The number of rotatable bonds is 5. The summed E-state index contributed by atoms with van der Waals surface area (Å²) in [6.07, 6.45) is 0. The fraction of sp³-hybridized carbons (Fsp3) is 0.133. The molecule has 0 aliphatic carbocycles. The van der Waals surface area contributed by atoms with Crippen molar-refractivity contribution >= 4 is 31.7 Å². The third-order valence-electron chi connectivity index (χ3n) is 3.59. The first-order valence-electron chi connectivity index (χ1n) is 6.92. The normalized spacial score (nSPS) is 12.0. The fourth-order valence-electron chi connectivity index (χ4n) is 2.15. The zero-order valence-corrected chi connectivity index (χ0v) is 15.0. The molecule has 0 heterocycles. The molecule has 0 aromatic heterocycles. The number of aromatic carboxylic acids is 1. The van der Waals surface area contributed by atoms with Crippen molar-refractivity contribution in [1.82, 2.24) is 0 Å². The van der Waals surface area contributed by atoms with E-state index in [1.807, 2.05) is 0 Å². The maximum atomic E-state index is 12.6. The minimum absolute atomic E-state index is 0.116. The second-order valence-electron chi connectivity index (χ2n) is 5.40. The van der Waals surface area contributed by atoms with E-state index >= 15 is 0 Å². The number of nitrogens with one attached hydrogen (secondary N) is 1. The number of primary sulfonamides is 1. The molecule has 25 heavy (non-hydrogen) atoms. The molecular formula is C15H16N2O6S2. The van der Waals surface area contributed by atoms with Gasteiger partial charge in [-0.2, -0.15) is 0 Å². The molecule has 0 radical (unpaired) electrons. The minimum atomic E-state index is -4.06. The monoisotopic (exact) mass is 384 g/mol. The van der Waals surface area contributed by atoms with Gasteiger partial charge in [-0.3, -0.25) is 4.72 Å². The Morgan fingerprint density at radius 2 is 1.60 bits per heavy atom. The summed E-state index contributed by atoms with van der Waals surface area (Å²) < 4.78 is 49.9. The lowest BCUT2D eigenvalue weighted by Crippen LogP contribution is -2.16. The molecule has 134 valence electrons. The molecule has 2 aromatic rings. The van der Waals surface area contributed by atoms with E-state index in [0.717, 1.165) is 6.07 Å². The largest absolute Gasteiger partial charge is 0.478 e. The molecule has 0 bridgehead atoms. The molecule has 8 nitrogen and oxygen atoms in total. The van der Waals surface area contributed by atoms with Gasteiger partial charge in [-0.15, -0.1) is 0 Å². The van der Waals surface area contributed by atoms with Crippen LogP contribution in [0.25, 0.3) is 0 Å². The Hall–Kier alpha value is -2.43. The van der Waals surface area contributed by atoms with Crippen LogP contribution in [-0.4, -0.2) is 27.9 Å². The molecule has 10 heteroatoms. The Morgan fingerprint density at radius 3 is 2.08 bits per heavy atom. The summed E-state index contributed by atoms with van der Waals surface area (Å²) in [7, 11) is -7.95. The van der Waals surface area contributed by atoms with E-state index in [1.165, 1.54) is 30.3 Å². The van der Waals surface area contributed by atoms with Crippen molar-refractivity contribution in [3.05, 3.63) is 53.1 Å². The van der Waals surface area contributed by atoms with E-state index < -0.39 is 26.0 Å². The molecule has 0 spiro atoms. The average Bonchev–Trinajstić information content (AvgIpc) is 2.48. The highest BCUT2D eigenvalue weighted by molar-refractivity contribution is 7.92. The summed E-state index contributed by atoms with van der Waals surface area (Å²) in [5, 5.41) is 14.1. The number of carboxylic acid groups (broad SMARTS) is 1. The van der Waals surface area contributed by atoms with Crippen molar-refractivity contribution in [2.45, 2.75) is 23.6 Å². The number of benzene rings is 2. The van der Waals surface area contributed by atoms with Crippen LogP contribution < -0.4 is 9.86 Å². The highest BCUT2D eigenvalue weighted by Crippen LogP contribution is 2.24. The van der Waals surface area contributed by atoms with Crippen LogP contribution in [-0.2, 0) is 20.0 Å². The first-order valence-corrected chi connectivity index (χ1v) is 9.95. The molecule has 0 atom stereocenters. The SMILES string of the molecule is Cc1cc(C(=O)O)cc(S(=O)(=O)Nc2ccc(S(N)(=O)=O)cc2)c1C. The molecule has 2 rings (SSSR count). The van der Waals surface area contributed by atoms with Gasteiger partial charge in [0.25, 0.3) is 10.0 Å². The van der Waals surface area contributed by atoms with E-state index in [1.54, 1.807) is 13.8 Å². The van der Waals surface area contributed by atoms with E-state index in [2.05, 4.69) is 4.72 Å². The molecule has 0 aliphatic rings. The lowest BCUT2D eigenvalue weighted by atomic mass is 10.1. The Bertz CT molecular complexity index is 1040. The average molecular weight is 384 g/mol. The topological polar surface area (TPSA) is 144 Å². The summed E-state index contributed by atoms with van der Waals surface area (Å²) >= 11 is 0. The summed E-state index contributed by atoms with van der Waals surface area (Å²) in [6.45, 7) is 3.18. The van der Waals surface area contributed by atoms with Crippen LogP contribution in [0.2, 0.25) is 0 Å². The second kappa shape index (κ2) is 6.47. The van der Waals surface area contributed by atoms with Gasteiger partial charge in [0.15, 0.2) is 0 Å². The number of hydrogen-bond donors (Lipinski definition) is 3. The number of hydrogen-bond acceptors (Lipinski definition) is 5. The standard InChI is InChI=1S/C15H16N2O6S2/c1-9-7-11(15(18)19)8-14(10(9)2)25(22,23)17-12-3-5-13(6-4-12)24(16,20)21/h3-8,17H,1-2H3,(H,18,19)(H2,16,20,21). The van der Waals surface area contributed by atoms with Gasteiger partial charge in [-0.25, -0.2) is 26.8 Å². The van der Waals surface area contributed by atoms with Crippen molar-refractivity contribution in [3.63, 3.8) is 0 Å². The molecular weight excluding hydrogens is 368 g/mol. The fourth-order valence-corrected chi connectivity index (χ4v) is 4.07. The zero-order valence-electron chi connectivity index (χ0n) is 13.3. The molecule has 0 saturated heterocycles. The zero-order chi connectivity index (χ0) is 19.0. The predicted octanol–water partition coefficient (Wildman–Crippen LogP) is 1.45. The van der Waals surface area contributed by atoms with Gasteiger partial charge < -0.3 is 5.11 Å². The van der Waals surface area contributed by atoms with Crippen molar-refractivity contribution in [3.8, 4) is 0 Å². The van der Waals surface area contributed by atoms with E-state index in [0.29, 0.717) is 11.1 Å². The summed E-state index contributed by atoms with van der Waals surface area (Å²) in [5.41, 5.74) is 0.904. The Balaban J connectivity index is 2.45.